The normalized spacial score (nSPS) is 21.0. The number of aryl methyl sites for hydroxylation is 3. The molecule has 0 saturated carbocycles. The number of H-pyrrole nitrogens is 2. The van der Waals surface area contributed by atoms with E-state index in [-0.39, 0.29) is 29.3 Å². The topological polar surface area (TPSA) is 114 Å². The monoisotopic (exact) mass is 465 g/mol. The molecule has 0 radical (unpaired) electrons. The third-order valence-electron chi connectivity index (χ3n) is 7.27. The van der Waals surface area contributed by atoms with Gasteiger partial charge in [-0.25, -0.2) is 0 Å². The standard InChI is InChI=1S/C25H31N5O4/c1-14-4-7-21-18(10-14)15(2)22(34-21)25(33)30-9-8-29(3)13-17(30)12-26-23(31)16-5-6-20-19(11-16)24(32)28-27-20/h4,7,10,16-17H,5-6,8-9,11-13H2,1-3H3,(H,26,31)(H2,27,28,32). The lowest BCUT2D eigenvalue weighted by atomic mass is 9.87. The van der Waals surface area contributed by atoms with Gasteiger partial charge in [0, 0.05) is 54.3 Å². The van der Waals surface area contributed by atoms with Crippen LogP contribution in [0.25, 0.3) is 11.0 Å². The lowest BCUT2D eigenvalue weighted by Crippen LogP contribution is -2.58. The summed E-state index contributed by atoms with van der Waals surface area (Å²) in [5, 5.41) is 9.52. The van der Waals surface area contributed by atoms with E-state index in [4.69, 9.17) is 4.42 Å². The summed E-state index contributed by atoms with van der Waals surface area (Å²) in [6.45, 7) is 6.29. The molecule has 5 rings (SSSR count). The molecule has 2 atom stereocenters. The quantitative estimate of drug-likeness (QED) is 0.543. The van der Waals surface area contributed by atoms with Gasteiger partial charge in [0.2, 0.25) is 5.91 Å². The van der Waals surface area contributed by atoms with E-state index < -0.39 is 0 Å². The summed E-state index contributed by atoms with van der Waals surface area (Å²) in [7, 11) is 2.02. The molecule has 0 spiro atoms. The van der Waals surface area contributed by atoms with Crippen molar-refractivity contribution < 1.29 is 14.0 Å². The van der Waals surface area contributed by atoms with Crippen LogP contribution in [0.2, 0.25) is 0 Å². The summed E-state index contributed by atoms with van der Waals surface area (Å²) < 4.78 is 5.97. The van der Waals surface area contributed by atoms with Gasteiger partial charge in [-0.2, -0.15) is 0 Å². The van der Waals surface area contributed by atoms with Crippen LogP contribution in [0.3, 0.4) is 0 Å². The van der Waals surface area contributed by atoms with E-state index in [0.29, 0.717) is 55.8 Å². The number of aromatic amines is 2. The Balaban J connectivity index is 1.30. The van der Waals surface area contributed by atoms with Crippen molar-refractivity contribution in [3.63, 3.8) is 0 Å². The number of furan rings is 1. The minimum absolute atomic E-state index is 0.0673. The fourth-order valence-corrected chi connectivity index (χ4v) is 5.22. The smallest absolute Gasteiger partial charge is 0.290 e. The average Bonchev–Trinajstić information content (AvgIpc) is 3.36. The van der Waals surface area contributed by atoms with E-state index in [2.05, 4.69) is 20.4 Å². The highest BCUT2D eigenvalue weighted by atomic mass is 16.3. The number of piperazine rings is 1. The van der Waals surface area contributed by atoms with Crippen LogP contribution in [0, 0.1) is 19.8 Å². The number of hydrogen-bond acceptors (Lipinski definition) is 5. The summed E-state index contributed by atoms with van der Waals surface area (Å²) in [5.41, 5.74) is 4.11. The van der Waals surface area contributed by atoms with Crippen molar-refractivity contribution >= 4 is 22.8 Å². The Morgan fingerprint density at radius 2 is 2.03 bits per heavy atom. The van der Waals surface area contributed by atoms with Crippen molar-refractivity contribution in [2.45, 2.75) is 39.2 Å². The molecule has 9 nitrogen and oxygen atoms in total. The first kappa shape index (κ1) is 22.5. The fraction of sp³-hybridized carbons (Fsp3) is 0.480. The number of carbonyl (C=O) groups is 2. The highest BCUT2D eigenvalue weighted by Crippen LogP contribution is 2.28. The van der Waals surface area contributed by atoms with Gasteiger partial charge < -0.3 is 24.6 Å². The number of benzene rings is 1. The zero-order valence-electron chi connectivity index (χ0n) is 19.9. The molecular formula is C25H31N5O4. The molecule has 9 heteroatoms. The summed E-state index contributed by atoms with van der Waals surface area (Å²) in [6, 6.07) is 5.75. The molecule has 2 unspecified atom stereocenters. The van der Waals surface area contributed by atoms with Gasteiger partial charge in [-0.05, 0) is 52.3 Å². The van der Waals surface area contributed by atoms with E-state index in [1.165, 1.54) is 0 Å². The number of hydrogen-bond donors (Lipinski definition) is 3. The van der Waals surface area contributed by atoms with Crippen molar-refractivity contribution in [2.24, 2.45) is 5.92 Å². The average molecular weight is 466 g/mol. The summed E-state index contributed by atoms with van der Waals surface area (Å²) >= 11 is 0. The maximum Gasteiger partial charge on any atom is 0.290 e. The number of likely N-dealkylation sites (N-methyl/N-ethyl adjacent to an activating group) is 1. The number of aromatic nitrogens is 2. The fourth-order valence-electron chi connectivity index (χ4n) is 5.22. The van der Waals surface area contributed by atoms with Crippen molar-refractivity contribution in [1.29, 1.82) is 0 Å². The molecule has 3 N–H and O–H groups in total. The van der Waals surface area contributed by atoms with Crippen LogP contribution < -0.4 is 10.9 Å². The van der Waals surface area contributed by atoms with Crippen molar-refractivity contribution in [3.05, 3.63) is 56.7 Å². The van der Waals surface area contributed by atoms with E-state index >= 15 is 0 Å². The van der Waals surface area contributed by atoms with Gasteiger partial charge in [-0.3, -0.25) is 19.5 Å². The molecule has 1 aliphatic carbocycles. The lowest BCUT2D eigenvalue weighted by Gasteiger charge is -2.40. The predicted molar refractivity (Wildman–Crippen MR) is 128 cm³/mol. The minimum Gasteiger partial charge on any atom is -0.451 e. The van der Waals surface area contributed by atoms with Crippen molar-refractivity contribution in [1.82, 2.24) is 25.3 Å². The second-order valence-corrected chi connectivity index (χ2v) is 9.69. The van der Waals surface area contributed by atoms with Crippen LogP contribution in [-0.2, 0) is 17.6 Å². The maximum absolute atomic E-state index is 13.5. The van der Waals surface area contributed by atoms with Gasteiger partial charge in [0.1, 0.15) is 5.58 Å². The second-order valence-electron chi connectivity index (χ2n) is 9.69. The number of rotatable bonds is 4. The lowest BCUT2D eigenvalue weighted by molar-refractivity contribution is -0.125. The van der Waals surface area contributed by atoms with Crippen LogP contribution in [0.15, 0.2) is 27.4 Å². The van der Waals surface area contributed by atoms with E-state index in [1.807, 2.05) is 44.0 Å². The Morgan fingerprint density at radius 1 is 1.21 bits per heavy atom. The van der Waals surface area contributed by atoms with Gasteiger partial charge in [0.15, 0.2) is 5.76 Å². The van der Waals surface area contributed by atoms with Gasteiger partial charge in [0.05, 0.1) is 6.04 Å². The first-order chi connectivity index (χ1) is 16.3. The molecule has 1 fully saturated rings. The van der Waals surface area contributed by atoms with Crippen molar-refractivity contribution in [2.75, 3.05) is 33.2 Å². The molecule has 1 aromatic carbocycles. The van der Waals surface area contributed by atoms with E-state index in [0.717, 1.165) is 28.8 Å². The molecular weight excluding hydrogens is 434 g/mol. The van der Waals surface area contributed by atoms with Gasteiger partial charge in [-0.15, -0.1) is 0 Å². The van der Waals surface area contributed by atoms with Crippen LogP contribution in [0.5, 0.6) is 0 Å². The molecule has 3 aromatic rings. The third-order valence-corrected chi connectivity index (χ3v) is 7.27. The number of nitrogens with one attached hydrogen (secondary N) is 3. The first-order valence-corrected chi connectivity index (χ1v) is 11.9. The van der Waals surface area contributed by atoms with Crippen molar-refractivity contribution in [3.8, 4) is 0 Å². The number of amides is 2. The number of carbonyl (C=O) groups excluding carboxylic acids is 2. The zero-order valence-corrected chi connectivity index (χ0v) is 19.9. The minimum atomic E-state index is -0.240. The van der Waals surface area contributed by atoms with Crippen LogP contribution in [-0.4, -0.2) is 71.1 Å². The SMILES string of the molecule is Cc1ccc2oc(C(=O)N3CCN(C)CC3CNC(=O)C3CCc4[nH][nH]c(=O)c4C3)c(C)c2c1. The maximum atomic E-state index is 13.5. The van der Waals surface area contributed by atoms with Crippen LogP contribution in [0.4, 0.5) is 0 Å². The van der Waals surface area contributed by atoms with Crippen LogP contribution >= 0.6 is 0 Å². The molecule has 180 valence electrons. The zero-order chi connectivity index (χ0) is 24.0. The molecule has 34 heavy (non-hydrogen) atoms. The summed E-state index contributed by atoms with van der Waals surface area (Å²) in [4.78, 5) is 42.4. The molecule has 3 heterocycles. The Morgan fingerprint density at radius 3 is 2.85 bits per heavy atom. The third kappa shape index (κ3) is 4.04. The molecule has 2 aromatic heterocycles. The first-order valence-electron chi connectivity index (χ1n) is 11.9. The Bertz CT molecular complexity index is 1300. The highest BCUT2D eigenvalue weighted by molar-refractivity contribution is 5.99. The summed E-state index contributed by atoms with van der Waals surface area (Å²) in [5.74, 6) is -0.0779. The van der Waals surface area contributed by atoms with E-state index in [1.54, 1.807) is 0 Å². The molecule has 0 bridgehead atoms. The highest BCUT2D eigenvalue weighted by Gasteiger charge is 2.34. The van der Waals surface area contributed by atoms with E-state index in [9.17, 15) is 14.4 Å². The van der Waals surface area contributed by atoms with Crippen LogP contribution in [0.1, 0.15) is 39.4 Å². The van der Waals surface area contributed by atoms with Gasteiger partial charge in [0.25, 0.3) is 11.5 Å². The predicted octanol–water partition coefficient (Wildman–Crippen LogP) is 1.74. The number of nitrogens with zero attached hydrogens (tertiary/aromatic N) is 2. The second kappa shape index (κ2) is 8.79. The molecule has 2 aliphatic rings. The molecule has 1 saturated heterocycles. The Kier molecular flexibility index (Phi) is 5.81. The molecule has 1 aliphatic heterocycles. The Labute approximate surface area is 197 Å². The Hall–Kier alpha value is -3.33. The van der Waals surface area contributed by atoms with Gasteiger partial charge >= 0.3 is 0 Å². The number of fused-ring (bicyclic) bond motifs is 2. The summed E-state index contributed by atoms with van der Waals surface area (Å²) in [6.07, 6.45) is 1.80. The van der Waals surface area contributed by atoms with Gasteiger partial charge in [-0.1, -0.05) is 11.6 Å². The molecule has 2 amide bonds. The largest absolute Gasteiger partial charge is 0.451 e.